The van der Waals surface area contributed by atoms with Crippen molar-refractivity contribution in [3.8, 4) is 0 Å². The fourth-order valence-electron chi connectivity index (χ4n) is 3.38. The second-order valence-electron chi connectivity index (χ2n) is 7.07. The first-order chi connectivity index (χ1) is 12.1. The molecule has 144 valence electrons. The third-order valence-electron chi connectivity index (χ3n) is 4.74. The summed E-state index contributed by atoms with van der Waals surface area (Å²) >= 11 is 0. The summed E-state index contributed by atoms with van der Waals surface area (Å²) in [5.41, 5.74) is 2.30. The summed E-state index contributed by atoms with van der Waals surface area (Å²) < 4.78 is 28.7. The molecule has 0 aliphatic carbocycles. The Kier molecular flexibility index (Phi) is 6.44. The molecule has 1 heterocycles. The largest absolute Gasteiger partial charge is 0.452 e. The number of carbonyl (C=O) groups excluding carboxylic acids is 2. The fraction of sp³-hybridized carbons (Fsp3) is 0.579. The molecular weight excluding hydrogens is 354 g/mol. The highest BCUT2D eigenvalue weighted by Gasteiger charge is 2.36. The monoisotopic (exact) mass is 381 g/mol. The number of amides is 1. The van der Waals surface area contributed by atoms with Crippen LogP contribution in [0, 0.1) is 13.8 Å². The molecule has 0 bridgehead atoms. The minimum Gasteiger partial charge on any atom is -0.452 e. The van der Waals surface area contributed by atoms with Gasteiger partial charge in [-0.15, -0.1) is 0 Å². The Morgan fingerprint density at radius 1 is 1.23 bits per heavy atom. The van der Waals surface area contributed by atoms with Crippen molar-refractivity contribution in [2.24, 2.45) is 0 Å². The average Bonchev–Trinajstić information content (AvgIpc) is 2.91. The second kappa shape index (κ2) is 8.20. The molecule has 1 saturated heterocycles. The standard InChI is InChI=1S/C19H27NO5S/c1-5-15(4)20(17-6-7-26(23,24)12-17)18(21)11-25-19(22)16-9-13(2)8-14(3)10-16/h8-10,15,17H,5-7,11-12H2,1-4H3/t15-,17+/m1/s1. The van der Waals surface area contributed by atoms with E-state index in [1.165, 1.54) is 0 Å². The zero-order valence-corrected chi connectivity index (χ0v) is 16.6. The van der Waals surface area contributed by atoms with Gasteiger partial charge in [0.25, 0.3) is 5.91 Å². The zero-order valence-electron chi connectivity index (χ0n) is 15.8. The maximum atomic E-state index is 12.7. The number of aryl methyl sites for hydroxylation is 2. The van der Waals surface area contributed by atoms with Crippen LogP contribution in [0.25, 0.3) is 0 Å². The van der Waals surface area contributed by atoms with E-state index < -0.39 is 15.8 Å². The molecule has 1 amide bonds. The van der Waals surface area contributed by atoms with E-state index in [1.54, 1.807) is 17.0 Å². The van der Waals surface area contributed by atoms with Gasteiger partial charge in [-0.05, 0) is 45.7 Å². The molecule has 1 fully saturated rings. The van der Waals surface area contributed by atoms with Gasteiger partial charge in [-0.3, -0.25) is 4.79 Å². The quantitative estimate of drug-likeness (QED) is 0.706. The number of rotatable bonds is 6. The Bertz CT molecular complexity index is 767. The topological polar surface area (TPSA) is 80.8 Å². The highest BCUT2D eigenvalue weighted by atomic mass is 32.2. The van der Waals surface area contributed by atoms with E-state index in [2.05, 4.69) is 0 Å². The van der Waals surface area contributed by atoms with Crippen LogP contribution in [0.1, 0.15) is 48.2 Å². The van der Waals surface area contributed by atoms with Crippen molar-refractivity contribution < 1.29 is 22.7 Å². The van der Waals surface area contributed by atoms with Gasteiger partial charge in [0.05, 0.1) is 17.1 Å². The van der Waals surface area contributed by atoms with Gasteiger partial charge in [0.1, 0.15) is 0 Å². The first-order valence-corrected chi connectivity index (χ1v) is 10.7. The van der Waals surface area contributed by atoms with Crippen LogP contribution in [0.5, 0.6) is 0 Å². The van der Waals surface area contributed by atoms with Crippen molar-refractivity contribution in [3.05, 3.63) is 34.9 Å². The van der Waals surface area contributed by atoms with Gasteiger partial charge in [0.2, 0.25) is 0 Å². The average molecular weight is 381 g/mol. The van der Waals surface area contributed by atoms with Crippen molar-refractivity contribution >= 4 is 21.7 Å². The lowest BCUT2D eigenvalue weighted by Crippen LogP contribution is -2.48. The molecular formula is C19H27NO5S. The van der Waals surface area contributed by atoms with E-state index in [9.17, 15) is 18.0 Å². The smallest absolute Gasteiger partial charge is 0.338 e. The minimum absolute atomic E-state index is 0.0197. The highest BCUT2D eigenvalue weighted by Crippen LogP contribution is 2.21. The Hall–Kier alpha value is -1.89. The molecule has 7 heteroatoms. The van der Waals surface area contributed by atoms with Crippen molar-refractivity contribution in [1.82, 2.24) is 4.90 Å². The summed E-state index contributed by atoms with van der Waals surface area (Å²) in [5.74, 6) is -0.818. The Labute approximate surface area is 155 Å². The highest BCUT2D eigenvalue weighted by molar-refractivity contribution is 7.91. The third kappa shape index (κ3) is 5.06. The van der Waals surface area contributed by atoms with Crippen molar-refractivity contribution in [1.29, 1.82) is 0 Å². The minimum atomic E-state index is -3.10. The predicted molar refractivity (Wildman–Crippen MR) is 99.9 cm³/mol. The molecule has 0 saturated carbocycles. The molecule has 0 aromatic heterocycles. The number of esters is 1. The lowest BCUT2D eigenvalue weighted by Gasteiger charge is -2.33. The summed E-state index contributed by atoms with van der Waals surface area (Å²) in [6.45, 7) is 7.22. The molecule has 1 aromatic carbocycles. The first-order valence-electron chi connectivity index (χ1n) is 8.90. The van der Waals surface area contributed by atoms with Crippen LogP contribution in [0.4, 0.5) is 0 Å². The van der Waals surface area contributed by atoms with Gasteiger partial charge in [0, 0.05) is 12.1 Å². The van der Waals surface area contributed by atoms with Crippen molar-refractivity contribution in [3.63, 3.8) is 0 Å². The molecule has 6 nitrogen and oxygen atoms in total. The summed E-state index contributed by atoms with van der Waals surface area (Å²) in [6.07, 6.45) is 1.14. The van der Waals surface area contributed by atoms with Crippen LogP contribution in [0.2, 0.25) is 0 Å². The van der Waals surface area contributed by atoms with Crippen LogP contribution in [0.3, 0.4) is 0 Å². The maximum absolute atomic E-state index is 12.7. The number of sulfone groups is 1. The van der Waals surface area contributed by atoms with Crippen LogP contribution in [-0.4, -0.2) is 55.4 Å². The predicted octanol–water partition coefficient (Wildman–Crippen LogP) is 2.27. The Balaban J connectivity index is 2.06. The van der Waals surface area contributed by atoms with Gasteiger partial charge in [0.15, 0.2) is 16.4 Å². The van der Waals surface area contributed by atoms with Gasteiger partial charge >= 0.3 is 5.97 Å². The molecule has 1 aromatic rings. The van der Waals surface area contributed by atoms with E-state index in [0.29, 0.717) is 18.4 Å². The van der Waals surface area contributed by atoms with Crippen LogP contribution in [0.15, 0.2) is 18.2 Å². The number of hydrogen-bond donors (Lipinski definition) is 0. The molecule has 0 N–H and O–H groups in total. The number of ether oxygens (including phenoxy) is 1. The summed E-state index contributed by atoms with van der Waals surface area (Å²) in [4.78, 5) is 26.5. The van der Waals surface area contributed by atoms with E-state index in [0.717, 1.165) is 11.1 Å². The normalized spacial score (nSPS) is 19.8. The number of nitrogens with zero attached hydrogens (tertiary/aromatic N) is 1. The van der Waals surface area contributed by atoms with E-state index in [1.807, 2.05) is 33.8 Å². The molecule has 26 heavy (non-hydrogen) atoms. The Morgan fingerprint density at radius 3 is 2.35 bits per heavy atom. The molecule has 0 spiro atoms. The van der Waals surface area contributed by atoms with Gasteiger partial charge in [-0.2, -0.15) is 0 Å². The summed E-state index contributed by atoms with van der Waals surface area (Å²) in [5, 5.41) is 0. The van der Waals surface area contributed by atoms with Crippen molar-refractivity contribution in [2.45, 2.75) is 52.6 Å². The fourth-order valence-corrected chi connectivity index (χ4v) is 5.09. The first kappa shape index (κ1) is 20.4. The maximum Gasteiger partial charge on any atom is 0.338 e. The number of hydrogen-bond acceptors (Lipinski definition) is 5. The van der Waals surface area contributed by atoms with E-state index in [4.69, 9.17) is 4.74 Å². The Morgan fingerprint density at radius 2 is 1.85 bits per heavy atom. The van der Waals surface area contributed by atoms with Crippen LogP contribution >= 0.6 is 0 Å². The number of carbonyl (C=O) groups is 2. The second-order valence-corrected chi connectivity index (χ2v) is 9.30. The van der Waals surface area contributed by atoms with Crippen LogP contribution in [-0.2, 0) is 19.4 Å². The van der Waals surface area contributed by atoms with E-state index >= 15 is 0 Å². The lowest BCUT2D eigenvalue weighted by molar-refractivity contribution is -0.138. The molecule has 2 atom stereocenters. The van der Waals surface area contributed by atoms with Crippen LogP contribution < -0.4 is 0 Å². The third-order valence-corrected chi connectivity index (χ3v) is 6.49. The van der Waals surface area contributed by atoms with Gasteiger partial charge in [-0.25, -0.2) is 13.2 Å². The molecule has 0 radical (unpaired) electrons. The van der Waals surface area contributed by atoms with Crippen molar-refractivity contribution in [2.75, 3.05) is 18.1 Å². The number of benzene rings is 1. The SMILES string of the molecule is CC[C@@H](C)N(C(=O)COC(=O)c1cc(C)cc(C)c1)[C@H]1CCS(=O)(=O)C1. The zero-order chi connectivity index (χ0) is 19.5. The summed E-state index contributed by atoms with van der Waals surface area (Å²) in [6, 6.07) is 4.93. The van der Waals surface area contributed by atoms with Gasteiger partial charge in [-0.1, -0.05) is 24.1 Å². The molecule has 0 unspecified atom stereocenters. The molecule has 2 rings (SSSR count). The molecule has 1 aliphatic heterocycles. The van der Waals surface area contributed by atoms with E-state index in [-0.39, 0.29) is 36.1 Å². The summed E-state index contributed by atoms with van der Waals surface area (Å²) in [7, 11) is -3.10. The molecule has 1 aliphatic rings. The van der Waals surface area contributed by atoms with Gasteiger partial charge < -0.3 is 9.64 Å². The lowest BCUT2D eigenvalue weighted by atomic mass is 10.1.